The zero-order valence-electron chi connectivity index (χ0n) is 15.4. The molecule has 0 bridgehead atoms. The highest BCUT2D eigenvalue weighted by molar-refractivity contribution is 5.86. The number of aliphatic carboxylic acids is 1. The van der Waals surface area contributed by atoms with Gasteiger partial charge in [-0.25, -0.2) is 4.79 Å². The van der Waals surface area contributed by atoms with Gasteiger partial charge in [-0.1, -0.05) is 18.2 Å². The molecule has 0 aliphatic carbocycles. The molecule has 2 aliphatic rings. The zero-order valence-corrected chi connectivity index (χ0v) is 15.4. The van der Waals surface area contributed by atoms with E-state index in [0.29, 0.717) is 39.1 Å². The minimum atomic E-state index is -0.942. The first-order chi connectivity index (χ1) is 13.1. The van der Waals surface area contributed by atoms with E-state index in [0.717, 1.165) is 18.6 Å². The molecule has 1 aromatic rings. The van der Waals surface area contributed by atoms with Crippen LogP contribution < -0.4 is 4.74 Å². The predicted octanol–water partition coefficient (Wildman–Crippen LogP) is 1.77. The lowest BCUT2D eigenvalue weighted by Gasteiger charge is -2.35. The van der Waals surface area contributed by atoms with Gasteiger partial charge in [-0.05, 0) is 37.8 Å². The fourth-order valence-corrected chi connectivity index (χ4v) is 3.86. The minimum Gasteiger partial charge on any atom is -0.493 e. The molecule has 0 aromatic heterocycles. The molecule has 1 aromatic carbocycles. The second-order valence-electron chi connectivity index (χ2n) is 7.12. The van der Waals surface area contributed by atoms with E-state index in [1.807, 2.05) is 30.3 Å². The quantitative estimate of drug-likeness (QED) is 0.820. The largest absolute Gasteiger partial charge is 0.493 e. The van der Waals surface area contributed by atoms with Crippen molar-refractivity contribution in [1.29, 1.82) is 0 Å². The van der Waals surface area contributed by atoms with Gasteiger partial charge in [0.1, 0.15) is 11.8 Å². The van der Waals surface area contributed by atoms with E-state index in [9.17, 15) is 19.5 Å². The number of benzene rings is 1. The minimum absolute atomic E-state index is 0.0281. The molecule has 0 saturated carbocycles. The Morgan fingerprint density at radius 1 is 1.07 bits per heavy atom. The summed E-state index contributed by atoms with van der Waals surface area (Å²) in [5.74, 6) is -0.677. The molecule has 2 aliphatic heterocycles. The normalized spacial score (nSPS) is 22.5. The highest BCUT2D eigenvalue weighted by atomic mass is 16.5. The maximum Gasteiger partial charge on any atom is 0.326 e. The van der Waals surface area contributed by atoms with E-state index < -0.39 is 12.0 Å². The van der Waals surface area contributed by atoms with Gasteiger partial charge in [-0.15, -0.1) is 0 Å². The zero-order chi connectivity index (χ0) is 19.2. The fourth-order valence-electron chi connectivity index (χ4n) is 3.86. The van der Waals surface area contributed by atoms with Gasteiger partial charge in [-0.3, -0.25) is 9.59 Å². The molecule has 1 N–H and O–H groups in total. The summed E-state index contributed by atoms with van der Waals surface area (Å²) < 4.78 is 5.58. The van der Waals surface area contributed by atoms with Gasteiger partial charge < -0.3 is 19.6 Å². The first-order valence-electron chi connectivity index (χ1n) is 9.55. The van der Waals surface area contributed by atoms with E-state index in [-0.39, 0.29) is 24.2 Å². The number of ether oxygens (including phenoxy) is 1. The van der Waals surface area contributed by atoms with Crippen LogP contribution in [0.5, 0.6) is 5.75 Å². The highest BCUT2D eigenvalue weighted by Gasteiger charge is 2.38. The molecule has 2 fully saturated rings. The molecule has 146 valence electrons. The third kappa shape index (κ3) is 4.78. The molecule has 0 radical (unpaired) electrons. The van der Waals surface area contributed by atoms with Crippen molar-refractivity contribution >= 4 is 17.8 Å². The van der Waals surface area contributed by atoms with E-state index in [1.165, 1.54) is 4.90 Å². The third-order valence-corrected chi connectivity index (χ3v) is 5.27. The second kappa shape index (κ2) is 8.88. The van der Waals surface area contributed by atoms with Crippen molar-refractivity contribution in [1.82, 2.24) is 9.80 Å². The summed E-state index contributed by atoms with van der Waals surface area (Å²) in [5, 5.41) is 9.29. The van der Waals surface area contributed by atoms with Crippen molar-refractivity contribution in [3.05, 3.63) is 30.3 Å². The summed E-state index contributed by atoms with van der Waals surface area (Å²) in [6.45, 7) is 1.79. The Bertz CT molecular complexity index is 678. The summed E-state index contributed by atoms with van der Waals surface area (Å²) >= 11 is 0. The number of carboxylic acids is 1. The van der Waals surface area contributed by atoms with Crippen molar-refractivity contribution in [2.75, 3.05) is 26.2 Å². The first kappa shape index (κ1) is 19.2. The van der Waals surface area contributed by atoms with E-state index in [4.69, 9.17) is 4.74 Å². The number of likely N-dealkylation sites (tertiary alicyclic amines) is 2. The maximum atomic E-state index is 12.8. The van der Waals surface area contributed by atoms with Crippen LogP contribution in [0.25, 0.3) is 0 Å². The van der Waals surface area contributed by atoms with Crippen LogP contribution >= 0.6 is 0 Å². The third-order valence-electron chi connectivity index (χ3n) is 5.27. The number of carbonyl (C=O) groups is 3. The summed E-state index contributed by atoms with van der Waals surface area (Å²) in [5.41, 5.74) is 0. The van der Waals surface area contributed by atoms with Crippen LogP contribution in [0, 0.1) is 5.92 Å². The summed E-state index contributed by atoms with van der Waals surface area (Å²) in [6, 6.07) is 8.62. The molecule has 1 unspecified atom stereocenters. The van der Waals surface area contributed by atoms with Crippen molar-refractivity contribution in [2.24, 2.45) is 5.92 Å². The average molecular weight is 374 g/mol. The lowest BCUT2D eigenvalue weighted by molar-refractivity contribution is -0.151. The van der Waals surface area contributed by atoms with Crippen molar-refractivity contribution in [3.8, 4) is 5.75 Å². The second-order valence-corrected chi connectivity index (χ2v) is 7.12. The van der Waals surface area contributed by atoms with Gasteiger partial charge in [0.05, 0.1) is 18.9 Å². The van der Waals surface area contributed by atoms with Crippen LogP contribution in [-0.2, 0) is 14.4 Å². The molecule has 27 heavy (non-hydrogen) atoms. The topological polar surface area (TPSA) is 87.2 Å². The summed E-state index contributed by atoms with van der Waals surface area (Å²) in [4.78, 5) is 39.8. The Balaban J connectivity index is 1.50. The number of para-hydroxylation sites is 1. The Kier molecular flexibility index (Phi) is 6.32. The Morgan fingerprint density at radius 2 is 1.81 bits per heavy atom. The number of amides is 2. The lowest BCUT2D eigenvalue weighted by Crippen LogP contribution is -2.49. The van der Waals surface area contributed by atoms with E-state index >= 15 is 0 Å². The molecule has 2 atom stereocenters. The summed E-state index contributed by atoms with van der Waals surface area (Å²) in [7, 11) is 0. The number of rotatable bonds is 6. The molecule has 0 spiro atoms. The lowest BCUT2D eigenvalue weighted by atomic mass is 9.96. The highest BCUT2D eigenvalue weighted by Crippen LogP contribution is 2.25. The van der Waals surface area contributed by atoms with Crippen LogP contribution in [-0.4, -0.2) is 65.0 Å². The van der Waals surface area contributed by atoms with Crippen LogP contribution in [0.15, 0.2) is 30.3 Å². The number of carbonyl (C=O) groups excluding carboxylic acids is 2. The molecule has 2 heterocycles. The molecule has 7 heteroatoms. The number of hydrogen-bond donors (Lipinski definition) is 1. The molecular formula is C20H26N2O5. The van der Waals surface area contributed by atoms with Crippen molar-refractivity contribution < 1.29 is 24.2 Å². The predicted molar refractivity (Wildman–Crippen MR) is 98.2 cm³/mol. The Hall–Kier alpha value is -2.57. The number of piperidine rings is 1. The van der Waals surface area contributed by atoms with Gasteiger partial charge in [0.15, 0.2) is 0 Å². The molecular weight excluding hydrogens is 348 g/mol. The van der Waals surface area contributed by atoms with Crippen LogP contribution in [0.3, 0.4) is 0 Å². The molecule has 2 saturated heterocycles. The van der Waals surface area contributed by atoms with Gasteiger partial charge in [0.2, 0.25) is 11.8 Å². The van der Waals surface area contributed by atoms with Gasteiger partial charge in [0.25, 0.3) is 0 Å². The fraction of sp³-hybridized carbons (Fsp3) is 0.550. The van der Waals surface area contributed by atoms with Crippen LogP contribution in [0.4, 0.5) is 0 Å². The Labute approximate surface area is 158 Å². The van der Waals surface area contributed by atoms with Crippen LogP contribution in [0.2, 0.25) is 0 Å². The first-order valence-corrected chi connectivity index (χ1v) is 9.55. The Morgan fingerprint density at radius 3 is 2.56 bits per heavy atom. The van der Waals surface area contributed by atoms with Crippen molar-refractivity contribution in [2.45, 2.75) is 38.1 Å². The number of hydrogen-bond acceptors (Lipinski definition) is 4. The van der Waals surface area contributed by atoms with Crippen LogP contribution in [0.1, 0.15) is 32.1 Å². The smallest absolute Gasteiger partial charge is 0.326 e. The monoisotopic (exact) mass is 374 g/mol. The van der Waals surface area contributed by atoms with E-state index in [2.05, 4.69) is 0 Å². The van der Waals surface area contributed by atoms with E-state index in [1.54, 1.807) is 4.90 Å². The number of carboxylic acid groups (broad SMARTS) is 1. The maximum absolute atomic E-state index is 12.8. The molecule has 7 nitrogen and oxygen atoms in total. The summed E-state index contributed by atoms with van der Waals surface area (Å²) in [6.07, 6.45) is 2.94. The van der Waals surface area contributed by atoms with Gasteiger partial charge in [-0.2, -0.15) is 0 Å². The molecule has 2 amide bonds. The standard InChI is InChI=1S/C20H26N2O5/c23-18(10-13-27-16-7-2-1-3-8-16)21-11-4-6-15(14-21)19(24)22-12-5-9-17(22)20(25)26/h1-3,7-8,15,17H,4-6,9-14H2,(H,25,26)/t15?,17-/m1/s1. The van der Waals surface area contributed by atoms with Gasteiger partial charge >= 0.3 is 5.97 Å². The van der Waals surface area contributed by atoms with Gasteiger partial charge in [0, 0.05) is 19.6 Å². The van der Waals surface area contributed by atoms with Crippen molar-refractivity contribution in [3.63, 3.8) is 0 Å². The molecule has 3 rings (SSSR count). The SMILES string of the molecule is O=C(O)[C@H]1CCCN1C(=O)C1CCCN(C(=O)CCOc2ccccc2)C1. The number of nitrogens with zero attached hydrogens (tertiary/aromatic N) is 2. The average Bonchev–Trinajstić information content (AvgIpc) is 3.18.